The minimum Gasteiger partial charge on any atom is -0.438 e. The van der Waals surface area contributed by atoms with Crippen LogP contribution >= 0.6 is 11.6 Å². The summed E-state index contributed by atoms with van der Waals surface area (Å²) in [6.45, 7) is 0. The highest BCUT2D eigenvalue weighted by atomic mass is 35.5. The molecule has 162 valence electrons. The Labute approximate surface area is 200 Å². The maximum absolute atomic E-state index is 6.47. The highest BCUT2D eigenvalue weighted by Crippen LogP contribution is 2.50. The zero-order valence-corrected chi connectivity index (χ0v) is 18.6. The molecule has 0 fully saturated rings. The third kappa shape index (κ3) is 2.84. The van der Waals surface area contributed by atoms with Gasteiger partial charge >= 0.3 is 0 Å². The number of hydrogen-bond acceptors (Lipinski definition) is 4. The first-order chi connectivity index (χ1) is 16.8. The van der Waals surface area contributed by atoms with E-state index < -0.39 is 0 Å². The second-order valence-electron chi connectivity index (χ2n) is 8.30. The van der Waals surface area contributed by atoms with E-state index in [9.17, 15) is 0 Å². The molecule has 0 saturated carbocycles. The molecule has 0 bridgehead atoms. The zero-order chi connectivity index (χ0) is 22.6. The molecule has 0 amide bonds. The predicted molar refractivity (Wildman–Crippen MR) is 133 cm³/mol. The first kappa shape index (κ1) is 19.3. The molecule has 0 unspecified atom stereocenters. The summed E-state index contributed by atoms with van der Waals surface area (Å²) in [6, 6.07) is 30.5. The normalized spacial score (nSPS) is 14.6. The van der Waals surface area contributed by atoms with Gasteiger partial charge in [0.05, 0.1) is 10.6 Å². The molecular formula is C28H17ClN4O. The lowest BCUT2D eigenvalue weighted by molar-refractivity contribution is 0.437. The second-order valence-corrected chi connectivity index (χ2v) is 8.70. The van der Waals surface area contributed by atoms with Crippen LogP contribution in [0.2, 0.25) is 5.02 Å². The Bertz CT molecular complexity index is 1710. The fourth-order valence-electron chi connectivity index (χ4n) is 4.80. The van der Waals surface area contributed by atoms with Crippen LogP contribution < -0.4 is 4.74 Å². The number of halogens is 1. The number of rotatable bonds is 2. The van der Waals surface area contributed by atoms with E-state index in [4.69, 9.17) is 21.3 Å². The molecule has 4 aromatic carbocycles. The zero-order valence-electron chi connectivity index (χ0n) is 17.9. The predicted octanol–water partition coefficient (Wildman–Crippen LogP) is 6.88. The van der Waals surface area contributed by atoms with Gasteiger partial charge in [0.1, 0.15) is 12.1 Å². The summed E-state index contributed by atoms with van der Waals surface area (Å²) < 4.78 is 8.18. The highest BCUT2D eigenvalue weighted by Gasteiger charge is 2.34. The molecule has 0 spiro atoms. The van der Waals surface area contributed by atoms with Gasteiger partial charge < -0.3 is 4.74 Å². The van der Waals surface area contributed by atoms with Gasteiger partial charge in [0.15, 0.2) is 11.5 Å². The highest BCUT2D eigenvalue weighted by molar-refractivity contribution is 6.33. The van der Waals surface area contributed by atoms with Crippen LogP contribution in [0.15, 0.2) is 97.3 Å². The molecule has 3 heterocycles. The molecule has 1 atom stereocenters. The van der Waals surface area contributed by atoms with Gasteiger partial charge in [-0.2, -0.15) is 0 Å². The van der Waals surface area contributed by atoms with E-state index in [1.807, 2.05) is 42.5 Å². The van der Waals surface area contributed by atoms with Crippen molar-refractivity contribution in [2.75, 3.05) is 0 Å². The fourth-order valence-corrected chi connectivity index (χ4v) is 5.02. The lowest BCUT2D eigenvalue weighted by Gasteiger charge is -2.28. The van der Waals surface area contributed by atoms with Crippen LogP contribution in [0.3, 0.4) is 0 Å². The summed E-state index contributed by atoms with van der Waals surface area (Å²) in [6.07, 6.45) is 1.65. The average molecular weight is 461 g/mol. The monoisotopic (exact) mass is 460 g/mol. The van der Waals surface area contributed by atoms with Crippen LogP contribution in [0.4, 0.5) is 0 Å². The van der Waals surface area contributed by atoms with Gasteiger partial charge in [-0.15, -0.1) is 5.10 Å². The summed E-state index contributed by atoms with van der Waals surface area (Å²) in [5, 5.41) is 7.48. The Morgan fingerprint density at radius 2 is 1.62 bits per heavy atom. The summed E-state index contributed by atoms with van der Waals surface area (Å²) in [7, 11) is 0. The first-order valence-electron chi connectivity index (χ1n) is 11.0. The first-order valence-corrected chi connectivity index (χ1v) is 11.4. The van der Waals surface area contributed by atoms with E-state index in [2.05, 4.69) is 58.6 Å². The van der Waals surface area contributed by atoms with Gasteiger partial charge in [0, 0.05) is 22.4 Å². The maximum Gasteiger partial charge on any atom is 0.228 e. The molecule has 0 radical (unpaired) electrons. The molecule has 0 aliphatic carbocycles. The van der Waals surface area contributed by atoms with Gasteiger partial charge in [0.25, 0.3) is 0 Å². The van der Waals surface area contributed by atoms with Gasteiger partial charge in [-0.25, -0.2) is 14.5 Å². The Kier molecular flexibility index (Phi) is 4.19. The molecule has 5 nitrogen and oxygen atoms in total. The minimum absolute atomic E-state index is 0.107. The Balaban J connectivity index is 1.53. The SMILES string of the molecule is Clc1ccccc1-c1nc2c3c(ncn2n1)Oc1c(ccc2ccccc12)[C@@H]3c1ccccc1. The lowest BCUT2D eigenvalue weighted by Crippen LogP contribution is -2.15. The van der Waals surface area contributed by atoms with Crippen LogP contribution in [-0.2, 0) is 0 Å². The van der Waals surface area contributed by atoms with E-state index >= 15 is 0 Å². The molecule has 7 rings (SSSR count). The summed E-state index contributed by atoms with van der Waals surface area (Å²) in [4.78, 5) is 9.58. The third-order valence-electron chi connectivity index (χ3n) is 6.34. The lowest BCUT2D eigenvalue weighted by atomic mass is 9.83. The molecule has 6 aromatic rings. The molecule has 34 heavy (non-hydrogen) atoms. The van der Waals surface area contributed by atoms with Crippen molar-refractivity contribution in [3.8, 4) is 23.0 Å². The minimum atomic E-state index is -0.107. The number of fused-ring (bicyclic) bond motifs is 6. The van der Waals surface area contributed by atoms with Gasteiger partial charge in [0.2, 0.25) is 5.88 Å². The van der Waals surface area contributed by atoms with Crippen molar-refractivity contribution in [2.24, 2.45) is 0 Å². The molecule has 0 N–H and O–H groups in total. The van der Waals surface area contributed by atoms with E-state index in [0.29, 0.717) is 22.4 Å². The average Bonchev–Trinajstić information content (AvgIpc) is 3.32. The largest absolute Gasteiger partial charge is 0.438 e. The van der Waals surface area contributed by atoms with Crippen molar-refractivity contribution in [3.63, 3.8) is 0 Å². The number of ether oxygens (including phenoxy) is 1. The van der Waals surface area contributed by atoms with Crippen LogP contribution in [-0.4, -0.2) is 19.6 Å². The van der Waals surface area contributed by atoms with Gasteiger partial charge in [-0.3, -0.25) is 0 Å². The fraction of sp³-hybridized carbons (Fsp3) is 0.0357. The number of aromatic nitrogens is 4. The molecular weight excluding hydrogens is 444 g/mol. The van der Waals surface area contributed by atoms with E-state index in [-0.39, 0.29) is 5.92 Å². The van der Waals surface area contributed by atoms with Crippen LogP contribution in [0.25, 0.3) is 27.8 Å². The quantitative estimate of drug-likeness (QED) is 0.282. The summed E-state index contributed by atoms with van der Waals surface area (Å²) >= 11 is 6.45. The van der Waals surface area contributed by atoms with Gasteiger partial charge in [-0.1, -0.05) is 90.5 Å². The van der Waals surface area contributed by atoms with Crippen molar-refractivity contribution in [3.05, 3.63) is 119 Å². The van der Waals surface area contributed by atoms with Crippen LogP contribution in [0.5, 0.6) is 11.6 Å². The smallest absolute Gasteiger partial charge is 0.228 e. The van der Waals surface area contributed by atoms with Crippen molar-refractivity contribution in [2.45, 2.75) is 5.92 Å². The van der Waals surface area contributed by atoms with E-state index in [1.165, 1.54) is 0 Å². The summed E-state index contributed by atoms with van der Waals surface area (Å²) in [5.74, 6) is 1.83. The van der Waals surface area contributed by atoms with Gasteiger partial charge in [-0.05, 0) is 23.1 Å². The molecule has 0 saturated heterocycles. The van der Waals surface area contributed by atoms with Crippen molar-refractivity contribution >= 4 is 28.0 Å². The number of hydrogen-bond donors (Lipinski definition) is 0. The maximum atomic E-state index is 6.47. The Hall–Kier alpha value is -4.22. The standard InChI is InChI=1S/C28H17ClN4O/c29-22-13-7-6-12-20(22)26-31-27-24-23(18-9-2-1-3-10-18)21-15-14-17-8-4-5-11-19(17)25(21)34-28(24)30-16-33(27)32-26/h1-16,23H/t23-/m0/s1. The molecule has 2 aromatic heterocycles. The third-order valence-corrected chi connectivity index (χ3v) is 6.67. The molecule has 1 aliphatic rings. The van der Waals surface area contributed by atoms with Crippen LogP contribution in [0.1, 0.15) is 22.6 Å². The Morgan fingerprint density at radius 3 is 2.50 bits per heavy atom. The van der Waals surface area contributed by atoms with Crippen molar-refractivity contribution < 1.29 is 4.74 Å². The second kappa shape index (κ2) is 7.40. The Morgan fingerprint density at radius 1 is 0.824 bits per heavy atom. The van der Waals surface area contributed by atoms with Crippen LogP contribution in [0, 0.1) is 0 Å². The topological polar surface area (TPSA) is 52.3 Å². The van der Waals surface area contributed by atoms with Crippen molar-refractivity contribution in [1.82, 2.24) is 19.6 Å². The van der Waals surface area contributed by atoms with E-state index in [1.54, 1.807) is 10.8 Å². The number of nitrogens with zero attached hydrogens (tertiary/aromatic N) is 4. The number of benzene rings is 4. The van der Waals surface area contributed by atoms with Crippen molar-refractivity contribution in [1.29, 1.82) is 0 Å². The van der Waals surface area contributed by atoms with E-state index in [0.717, 1.165) is 38.8 Å². The molecule has 6 heteroatoms. The summed E-state index contributed by atoms with van der Waals surface area (Å²) in [5.41, 5.74) is 4.59. The molecule has 1 aliphatic heterocycles.